The Hall–Kier alpha value is -3.53. The van der Waals surface area contributed by atoms with Crippen LogP contribution in [-0.4, -0.2) is 44.9 Å². The van der Waals surface area contributed by atoms with Crippen LogP contribution in [0.1, 0.15) is 30.0 Å². The van der Waals surface area contributed by atoms with Crippen molar-refractivity contribution in [1.29, 1.82) is 0 Å². The van der Waals surface area contributed by atoms with Crippen LogP contribution in [0, 0.1) is 0 Å². The predicted octanol–water partition coefficient (Wildman–Crippen LogP) is 5.50. The lowest BCUT2D eigenvalue weighted by molar-refractivity contribution is -0.126. The molecule has 0 fully saturated rings. The molecule has 0 spiro atoms. The van der Waals surface area contributed by atoms with E-state index in [9.17, 15) is 4.79 Å². The van der Waals surface area contributed by atoms with Gasteiger partial charge in [-0.1, -0.05) is 37.6 Å². The van der Waals surface area contributed by atoms with E-state index in [2.05, 4.69) is 39.4 Å². The molecule has 1 aliphatic rings. The van der Waals surface area contributed by atoms with Crippen LogP contribution in [-0.2, 0) is 24.4 Å². The summed E-state index contributed by atoms with van der Waals surface area (Å²) >= 11 is 8.13. The highest BCUT2D eigenvalue weighted by atomic mass is 35.5. The van der Waals surface area contributed by atoms with Crippen molar-refractivity contribution in [2.45, 2.75) is 39.5 Å². The van der Waals surface area contributed by atoms with E-state index >= 15 is 0 Å². The van der Waals surface area contributed by atoms with Crippen molar-refractivity contribution in [2.75, 3.05) is 18.4 Å². The van der Waals surface area contributed by atoms with E-state index in [-0.39, 0.29) is 5.91 Å². The van der Waals surface area contributed by atoms with Crippen LogP contribution < -0.4 is 15.4 Å². The normalized spacial score (nSPS) is 13.3. The molecule has 0 atom stereocenters. The smallest absolute Gasteiger partial charge is 0.246 e. The molecule has 10 heteroatoms. The lowest BCUT2D eigenvalue weighted by atomic mass is 10.0. The van der Waals surface area contributed by atoms with Crippen LogP contribution in [0.4, 0.5) is 11.5 Å². The van der Waals surface area contributed by atoms with Gasteiger partial charge in [0.05, 0.1) is 22.6 Å². The molecule has 0 bridgehead atoms. The molecule has 0 unspecified atom stereocenters. The fourth-order valence-electron chi connectivity index (χ4n) is 4.25. The zero-order chi connectivity index (χ0) is 26.5. The molecule has 1 amide bonds. The van der Waals surface area contributed by atoms with E-state index in [0.29, 0.717) is 43.1 Å². The molecule has 8 nitrogen and oxygen atoms in total. The number of fused-ring (bicyclic) bond motifs is 3. The maximum atomic E-state index is 12.7. The van der Waals surface area contributed by atoms with Crippen molar-refractivity contribution in [2.24, 2.45) is 0 Å². The Morgan fingerprint density at radius 2 is 2.13 bits per heavy atom. The number of hydrogen-bond donors (Lipinski definition) is 2. The predicted molar refractivity (Wildman–Crippen MR) is 152 cm³/mol. The number of anilines is 2. The van der Waals surface area contributed by atoms with Gasteiger partial charge >= 0.3 is 0 Å². The Balaban J connectivity index is 1.29. The van der Waals surface area contributed by atoms with Gasteiger partial charge in [-0.3, -0.25) is 9.78 Å². The number of ether oxygens (including phenoxy) is 1. The Bertz CT molecular complexity index is 1460. The average molecular weight is 549 g/mol. The molecule has 3 aromatic heterocycles. The van der Waals surface area contributed by atoms with Crippen LogP contribution in [0.25, 0.3) is 10.2 Å². The van der Waals surface area contributed by atoms with E-state index in [1.165, 1.54) is 5.56 Å². The van der Waals surface area contributed by atoms with E-state index in [1.54, 1.807) is 29.9 Å². The summed E-state index contributed by atoms with van der Waals surface area (Å²) in [5.74, 6) is 1.34. The van der Waals surface area contributed by atoms with Crippen molar-refractivity contribution >= 4 is 50.6 Å². The fourth-order valence-corrected chi connectivity index (χ4v) is 5.69. The third kappa shape index (κ3) is 6.12. The summed E-state index contributed by atoms with van der Waals surface area (Å²) in [7, 11) is 0. The van der Waals surface area contributed by atoms with Gasteiger partial charge in [0.1, 0.15) is 29.3 Å². The third-order valence-corrected chi connectivity index (χ3v) is 7.57. The van der Waals surface area contributed by atoms with Gasteiger partial charge in [-0.15, -0.1) is 11.3 Å². The van der Waals surface area contributed by atoms with Gasteiger partial charge < -0.3 is 20.3 Å². The first-order chi connectivity index (χ1) is 18.5. The number of carbonyl (C=O) groups is 1. The molecule has 2 N–H and O–H groups in total. The first-order valence-electron chi connectivity index (χ1n) is 12.5. The molecule has 0 saturated carbocycles. The summed E-state index contributed by atoms with van der Waals surface area (Å²) in [6, 6.07) is 11.6. The van der Waals surface area contributed by atoms with Crippen molar-refractivity contribution in [3.05, 3.63) is 82.2 Å². The lowest BCUT2D eigenvalue weighted by Crippen LogP contribution is -2.34. The van der Waals surface area contributed by atoms with Crippen LogP contribution >= 0.6 is 22.9 Å². The number of amides is 1. The topological polar surface area (TPSA) is 92.3 Å². The number of benzene rings is 1. The second-order valence-corrected chi connectivity index (χ2v) is 10.8. The van der Waals surface area contributed by atoms with Gasteiger partial charge in [0.2, 0.25) is 5.91 Å². The first kappa shape index (κ1) is 26.1. The van der Waals surface area contributed by atoms with Crippen molar-refractivity contribution < 1.29 is 9.53 Å². The number of nitrogens with zero attached hydrogens (tertiary/aromatic N) is 4. The monoisotopic (exact) mass is 548 g/mol. The molecule has 38 heavy (non-hydrogen) atoms. The van der Waals surface area contributed by atoms with E-state index in [1.807, 2.05) is 47.4 Å². The minimum absolute atomic E-state index is 0.0306. The van der Waals surface area contributed by atoms with Crippen LogP contribution in [0.5, 0.6) is 5.75 Å². The SMILES string of the molecule is CC(C)NC/C=C/C(=O)N1CCc2c(sc3ncnc(Nc4ccc(OCc5ccccn5)c(Cl)c4)c23)C1. The number of hydrogen-bond acceptors (Lipinski definition) is 8. The zero-order valence-electron chi connectivity index (χ0n) is 21.3. The summed E-state index contributed by atoms with van der Waals surface area (Å²) in [5, 5.41) is 8.19. The second kappa shape index (κ2) is 11.9. The summed E-state index contributed by atoms with van der Waals surface area (Å²) in [5.41, 5.74) is 2.83. The van der Waals surface area contributed by atoms with Gasteiger partial charge in [-0.05, 0) is 42.3 Å². The molecule has 4 heterocycles. The number of rotatable bonds is 9. The standard InChI is InChI=1S/C28H29ClN6O2S/c1-18(2)30-12-5-7-25(36)35-13-10-21-24(15-35)38-28-26(21)27(32-17-33-28)34-19-8-9-23(22(29)14-19)37-16-20-6-3-4-11-31-20/h3-9,11,14,17-18,30H,10,12-13,15-16H2,1-2H3,(H,32,33,34)/b7-5+. The maximum absolute atomic E-state index is 12.7. The summed E-state index contributed by atoms with van der Waals surface area (Å²) < 4.78 is 5.84. The third-order valence-electron chi connectivity index (χ3n) is 6.15. The highest BCUT2D eigenvalue weighted by Crippen LogP contribution is 2.38. The molecule has 1 aliphatic heterocycles. The largest absolute Gasteiger partial charge is 0.486 e. The number of nitrogens with one attached hydrogen (secondary N) is 2. The molecular weight excluding hydrogens is 520 g/mol. The number of pyridine rings is 1. The molecular formula is C28H29ClN6O2S. The number of carbonyl (C=O) groups excluding carboxylic acids is 1. The van der Waals surface area contributed by atoms with E-state index < -0.39 is 0 Å². The number of aromatic nitrogens is 3. The van der Waals surface area contributed by atoms with Gasteiger partial charge in [-0.2, -0.15) is 0 Å². The molecule has 1 aromatic carbocycles. The van der Waals surface area contributed by atoms with E-state index in [0.717, 1.165) is 38.7 Å². The van der Waals surface area contributed by atoms with E-state index in [4.69, 9.17) is 16.3 Å². The van der Waals surface area contributed by atoms with Crippen LogP contribution in [0.15, 0.2) is 61.1 Å². The molecule has 0 radical (unpaired) electrons. The number of halogens is 1. The highest BCUT2D eigenvalue weighted by Gasteiger charge is 2.25. The number of thiophene rings is 1. The Kier molecular flexibility index (Phi) is 8.17. The zero-order valence-corrected chi connectivity index (χ0v) is 22.9. The fraction of sp³-hybridized carbons (Fsp3) is 0.286. The van der Waals surface area contributed by atoms with Gasteiger partial charge in [0.25, 0.3) is 0 Å². The lowest BCUT2D eigenvalue weighted by Gasteiger charge is -2.26. The molecule has 4 aromatic rings. The quantitative estimate of drug-likeness (QED) is 0.267. The van der Waals surface area contributed by atoms with Gasteiger partial charge in [0.15, 0.2) is 0 Å². The molecule has 196 valence electrons. The molecule has 5 rings (SSSR count). The molecule has 0 saturated heterocycles. The highest BCUT2D eigenvalue weighted by molar-refractivity contribution is 7.19. The average Bonchev–Trinajstić information content (AvgIpc) is 3.30. The maximum Gasteiger partial charge on any atom is 0.246 e. The van der Waals surface area contributed by atoms with Gasteiger partial charge in [0, 0.05) is 42.0 Å². The first-order valence-corrected chi connectivity index (χ1v) is 13.7. The molecule has 0 aliphatic carbocycles. The second-order valence-electron chi connectivity index (χ2n) is 9.26. The van der Waals surface area contributed by atoms with Crippen molar-refractivity contribution in [3.63, 3.8) is 0 Å². The summed E-state index contributed by atoms with van der Waals surface area (Å²) in [6.45, 7) is 6.41. The Labute approximate surface area is 230 Å². The minimum Gasteiger partial charge on any atom is -0.486 e. The summed E-state index contributed by atoms with van der Waals surface area (Å²) in [4.78, 5) is 30.0. The Morgan fingerprint density at radius 3 is 2.92 bits per heavy atom. The Morgan fingerprint density at radius 1 is 1.24 bits per heavy atom. The van der Waals surface area contributed by atoms with Gasteiger partial charge in [-0.25, -0.2) is 9.97 Å². The van der Waals surface area contributed by atoms with Crippen molar-refractivity contribution in [3.8, 4) is 5.75 Å². The van der Waals surface area contributed by atoms with Crippen molar-refractivity contribution in [1.82, 2.24) is 25.2 Å². The van der Waals surface area contributed by atoms with Crippen LogP contribution in [0.2, 0.25) is 5.02 Å². The summed E-state index contributed by atoms with van der Waals surface area (Å²) in [6.07, 6.45) is 7.59. The minimum atomic E-state index is 0.0306. The van der Waals surface area contributed by atoms with Crippen LogP contribution in [0.3, 0.4) is 0 Å².